The molecule has 1 saturated heterocycles. The molecule has 0 spiro atoms. The van der Waals surface area contributed by atoms with Crippen LogP contribution in [-0.2, 0) is 4.79 Å². The van der Waals surface area contributed by atoms with Gasteiger partial charge in [0.1, 0.15) is 11.7 Å². The van der Waals surface area contributed by atoms with E-state index < -0.39 is 12.1 Å². The molecule has 0 aromatic carbocycles. The van der Waals surface area contributed by atoms with Gasteiger partial charge in [-0.15, -0.1) is 0 Å². The first-order chi connectivity index (χ1) is 10.2. The molecule has 1 aromatic rings. The van der Waals surface area contributed by atoms with E-state index in [1.807, 2.05) is 6.92 Å². The van der Waals surface area contributed by atoms with Crippen LogP contribution in [-0.4, -0.2) is 36.1 Å². The minimum atomic E-state index is -0.500. The molecular formula is C14H20N4O3. The molecule has 114 valence electrons. The maximum absolute atomic E-state index is 12.0. The van der Waals surface area contributed by atoms with Gasteiger partial charge in [0.25, 0.3) is 0 Å². The highest BCUT2D eigenvalue weighted by Crippen LogP contribution is 2.20. The number of carbonyl (C=O) groups excluding carboxylic acids is 2. The molecule has 2 rings (SSSR count). The summed E-state index contributed by atoms with van der Waals surface area (Å²) in [6, 6.07) is 2.46. The minimum Gasteiger partial charge on any atom is -0.476 e. The maximum Gasteiger partial charge on any atom is 0.320 e. The fourth-order valence-corrected chi connectivity index (χ4v) is 2.13. The van der Waals surface area contributed by atoms with Gasteiger partial charge in [-0.2, -0.15) is 0 Å². The van der Waals surface area contributed by atoms with Gasteiger partial charge in [-0.05, 0) is 38.3 Å². The van der Waals surface area contributed by atoms with E-state index >= 15 is 0 Å². The van der Waals surface area contributed by atoms with Crippen molar-refractivity contribution in [3.63, 3.8) is 0 Å². The predicted molar refractivity (Wildman–Crippen MR) is 78.2 cm³/mol. The van der Waals surface area contributed by atoms with E-state index in [4.69, 9.17) is 4.74 Å². The van der Waals surface area contributed by atoms with Gasteiger partial charge in [-0.1, -0.05) is 0 Å². The highest BCUT2D eigenvalue weighted by atomic mass is 16.5. The Morgan fingerprint density at radius 3 is 3.19 bits per heavy atom. The second-order valence-corrected chi connectivity index (χ2v) is 4.73. The van der Waals surface area contributed by atoms with Crippen LogP contribution in [0.4, 0.5) is 10.5 Å². The van der Waals surface area contributed by atoms with E-state index in [-0.39, 0.29) is 5.91 Å². The lowest BCUT2D eigenvalue weighted by molar-refractivity contribution is -0.122. The van der Waals surface area contributed by atoms with Crippen molar-refractivity contribution < 1.29 is 14.3 Å². The van der Waals surface area contributed by atoms with Crippen LogP contribution in [0.3, 0.4) is 0 Å². The lowest BCUT2D eigenvalue weighted by atomic mass is 10.1. The number of hydrogen-bond acceptors (Lipinski definition) is 4. The monoisotopic (exact) mass is 292 g/mol. The molecule has 1 fully saturated rings. The van der Waals surface area contributed by atoms with E-state index in [0.717, 1.165) is 12.8 Å². The number of pyridine rings is 1. The SMILES string of the molecule is CCOc1ncccc1NC(=O)N[C@H]1CCCCNC1=O. The number of amides is 3. The van der Waals surface area contributed by atoms with Crippen LogP contribution < -0.4 is 20.7 Å². The number of anilines is 1. The number of ether oxygens (including phenoxy) is 1. The Kier molecular flexibility index (Phi) is 5.36. The molecule has 1 aliphatic rings. The topological polar surface area (TPSA) is 92.3 Å². The molecule has 2 heterocycles. The molecule has 0 radical (unpaired) electrons. The summed E-state index contributed by atoms with van der Waals surface area (Å²) in [5.74, 6) is 0.222. The molecule has 1 atom stereocenters. The third-order valence-corrected chi connectivity index (χ3v) is 3.14. The zero-order chi connectivity index (χ0) is 15.1. The van der Waals surface area contributed by atoms with Crippen molar-refractivity contribution in [3.8, 4) is 5.88 Å². The first-order valence-electron chi connectivity index (χ1n) is 7.13. The number of nitrogens with one attached hydrogen (secondary N) is 3. The number of nitrogens with zero attached hydrogens (tertiary/aromatic N) is 1. The van der Waals surface area contributed by atoms with Crippen molar-refractivity contribution in [2.45, 2.75) is 32.2 Å². The van der Waals surface area contributed by atoms with Gasteiger partial charge in [0.2, 0.25) is 11.8 Å². The van der Waals surface area contributed by atoms with Gasteiger partial charge in [-0.3, -0.25) is 4.79 Å². The summed E-state index contributed by atoms with van der Waals surface area (Å²) in [7, 11) is 0. The van der Waals surface area contributed by atoms with E-state index in [0.29, 0.717) is 31.1 Å². The second kappa shape index (κ2) is 7.47. The Hall–Kier alpha value is -2.31. The molecule has 7 nitrogen and oxygen atoms in total. The third kappa shape index (κ3) is 4.34. The molecule has 3 amide bonds. The van der Waals surface area contributed by atoms with Gasteiger partial charge in [0, 0.05) is 12.7 Å². The van der Waals surface area contributed by atoms with Crippen molar-refractivity contribution in [3.05, 3.63) is 18.3 Å². The van der Waals surface area contributed by atoms with E-state index in [2.05, 4.69) is 20.9 Å². The summed E-state index contributed by atoms with van der Waals surface area (Å²) < 4.78 is 5.34. The number of rotatable bonds is 4. The van der Waals surface area contributed by atoms with E-state index in [1.165, 1.54) is 0 Å². The largest absolute Gasteiger partial charge is 0.476 e. The molecule has 1 aromatic heterocycles. The van der Waals surface area contributed by atoms with Crippen LogP contribution in [0.1, 0.15) is 26.2 Å². The quantitative estimate of drug-likeness (QED) is 0.779. The fraction of sp³-hybridized carbons (Fsp3) is 0.500. The van der Waals surface area contributed by atoms with Gasteiger partial charge in [-0.25, -0.2) is 9.78 Å². The van der Waals surface area contributed by atoms with Crippen LogP contribution in [0.5, 0.6) is 5.88 Å². The number of aromatic nitrogens is 1. The average molecular weight is 292 g/mol. The molecule has 0 bridgehead atoms. The second-order valence-electron chi connectivity index (χ2n) is 4.73. The Morgan fingerprint density at radius 1 is 1.52 bits per heavy atom. The summed E-state index contributed by atoms with van der Waals surface area (Å²) in [6.45, 7) is 2.96. The molecule has 0 saturated carbocycles. The van der Waals surface area contributed by atoms with Gasteiger partial charge in [0.15, 0.2) is 0 Å². The molecule has 21 heavy (non-hydrogen) atoms. The molecule has 3 N–H and O–H groups in total. The molecular weight excluding hydrogens is 272 g/mol. The van der Waals surface area contributed by atoms with Gasteiger partial charge < -0.3 is 20.7 Å². The standard InChI is InChI=1S/C14H20N4O3/c1-2-21-13-11(7-5-9-16-13)18-14(20)17-10-6-3-4-8-15-12(10)19/h5,7,9-10H,2-4,6,8H2,1H3,(H,15,19)(H2,17,18,20)/t10-/m0/s1. The Bertz CT molecular complexity index is 507. The highest BCUT2D eigenvalue weighted by molar-refractivity contribution is 5.94. The molecule has 0 aliphatic carbocycles. The molecule has 1 aliphatic heterocycles. The van der Waals surface area contributed by atoms with Crippen LogP contribution in [0.2, 0.25) is 0 Å². The summed E-state index contributed by atoms with van der Waals surface area (Å²) in [6.07, 6.45) is 4.07. The predicted octanol–water partition coefficient (Wildman–Crippen LogP) is 1.27. The first-order valence-corrected chi connectivity index (χ1v) is 7.13. The smallest absolute Gasteiger partial charge is 0.320 e. The number of hydrogen-bond donors (Lipinski definition) is 3. The van der Waals surface area contributed by atoms with Crippen LogP contribution >= 0.6 is 0 Å². The average Bonchev–Trinajstić information content (AvgIpc) is 2.67. The third-order valence-electron chi connectivity index (χ3n) is 3.14. The number of carbonyl (C=O) groups is 2. The minimum absolute atomic E-state index is 0.140. The van der Waals surface area contributed by atoms with Crippen molar-refractivity contribution in [2.75, 3.05) is 18.5 Å². The van der Waals surface area contributed by atoms with E-state index in [9.17, 15) is 9.59 Å². The number of urea groups is 1. The highest BCUT2D eigenvalue weighted by Gasteiger charge is 2.22. The zero-order valence-corrected chi connectivity index (χ0v) is 12.0. The van der Waals surface area contributed by atoms with Crippen LogP contribution in [0.25, 0.3) is 0 Å². The van der Waals surface area contributed by atoms with Gasteiger partial charge in [0.05, 0.1) is 6.61 Å². The Morgan fingerprint density at radius 2 is 2.38 bits per heavy atom. The lowest BCUT2D eigenvalue weighted by Gasteiger charge is -2.16. The van der Waals surface area contributed by atoms with Crippen LogP contribution in [0, 0.1) is 0 Å². The first kappa shape index (κ1) is 15.1. The van der Waals surface area contributed by atoms with Crippen LogP contribution in [0.15, 0.2) is 18.3 Å². The fourth-order valence-electron chi connectivity index (χ4n) is 2.13. The lowest BCUT2D eigenvalue weighted by Crippen LogP contribution is -2.47. The van der Waals surface area contributed by atoms with Gasteiger partial charge >= 0.3 is 6.03 Å². The summed E-state index contributed by atoms with van der Waals surface area (Å²) >= 11 is 0. The Balaban J connectivity index is 1.96. The Labute approximate surface area is 123 Å². The van der Waals surface area contributed by atoms with Crippen molar-refractivity contribution in [1.29, 1.82) is 0 Å². The summed E-state index contributed by atoms with van der Waals surface area (Å²) in [5, 5.41) is 8.12. The maximum atomic E-state index is 12.0. The van der Waals surface area contributed by atoms with E-state index in [1.54, 1.807) is 18.3 Å². The zero-order valence-electron chi connectivity index (χ0n) is 12.0. The van der Waals surface area contributed by atoms with Crippen molar-refractivity contribution in [1.82, 2.24) is 15.6 Å². The normalized spacial score (nSPS) is 18.3. The van der Waals surface area contributed by atoms with Crippen molar-refractivity contribution >= 4 is 17.6 Å². The molecule has 0 unspecified atom stereocenters. The molecule has 7 heteroatoms. The summed E-state index contributed by atoms with van der Waals surface area (Å²) in [4.78, 5) is 27.8. The van der Waals surface area contributed by atoms with Crippen molar-refractivity contribution in [2.24, 2.45) is 0 Å². The summed E-state index contributed by atoms with van der Waals surface area (Å²) in [5.41, 5.74) is 0.478.